The van der Waals surface area contributed by atoms with Gasteiger partial charge in [0.2, 0.25) is 47.3 Å². The van der Waals surface area contributed by atoms with Crippen LogP contribution in [0.5, 0.6) is 0 Å². The smallest absolute Gasteiger partial charge is 0.246 e. The van der Waals surface area contributed by atoms with Gasteiger partial charge in [0.1, 0.15) is 42.3 Å². The summed E-state index contributed by atoms with van der Waals surface area (Å²) in [6.45, 7) is 21.5. The zero-order valence-corrected chi connectivity index (χ0v) is 50.0. The first-order valence-electron chi connectivity index (χ1n) is 29.0. The number of ketones is 1. The Hall–Kier alpha value is -5.35. The van der Waals surface area contributed by atoms with Crippen LogP contribution in [0.4, 0.5) is 0 Å². The van der Waals surface area contributed by atoms with Gasteiger partial charge in [-0.05, 0) is 88.0 Å². The highest BCUT2D eigenvalue weighted by Crippen LogP contribution is 2.30. The van der Waals surface area contributed by atoms with E-state index >= 15 is 9.59 Å². The number of nitrogens with zero attached hydrogens (tertiary/aromatic N) is 8. The molecular formula is C60H98N8O9. The number of carbonyl (C=O) groups excluding carboxylic acids is 9. The highest BCUT2D eigenvalue weighted by molar-refractivity contribution is 5.98. The molecule has 8 amide bonds. The van der Waals surface area contributed by atoms with Gasteiger partial charge in [-0.25, -0.2) is 0 Å². The maximum atomic E-state index is 15.1. The van der Waals surface area contributed by atoms with Gasteiger partial charge in [-0.1, -0.05) is 125 Å². The Balaban J connectivity index is 1.54. The fourth-order valence-corrected chi connectivity index (χ4v) is 12.4. The molecule has 0 spiro atoms. The molecule has 432 valence electrons. The number of hydrogen-bond acceptors (Lipinski definition) is 9. The summed E-state index contributed by atoms with van der Waals surface area (Å²) < 4.78 is 0. The Morgan fingerprint density at radius 3 is 1.51 bits per heavy atom. The summed E-state index contributed by atoms with van der Waals surface area (Å²) in [6, 6.07) is 2.19. The number of amides is 8. The van der Waals surface area contributed by atoms with Crippen LogP contribution in [0.3, 0.4) is 0 Å². The van der Waals surface area contributed by atoms with Gasteiger partial charge in [0.05, 0.1) is 6.04 Å². The van der Waals surface area contributed by atoms with Gasteiger partial charge in [-0.3, -0.25) is 43.2 Å². The summed E-state index contributed by atoms with van der Waals surface area (Å²) in [5.41, 5.74) is 0.803. The summed E-state index contributed by atoms with van der Waals surface area (Å²) >= 11 is 0. The molecule has 17 nitrogen and oxygen atoms in total. The van der Waals surface area contributed by atoms with E-state index < -0.39 is 89.7 Å². The van der Waals surface area contributed by atoms with Crippen molar-refractivity contribution in [2.75, 3.05) is 54.9 Å². The van der Waals surface area contributed by atoms with Gasteiger partial charge >= 0.3 is 0 Å². The Kier molecular flexibility index (Phi) is 24.2. The summed E-state index contributed by atoms with van der Waals surface area (Å²) in [4.78, 5) is 141. The minimum Gasteiger partial charge on any atom is -0.334 e. The molecule has 0 aromatic heterocycles. The van der Waals surface area contributed by atoms with E-state index in [2.05, 4.69) is 13.8 Å². The molecule has 1 aromatic rings. The van der Waals surface area contributed by atoms with Gasteiger partial charge in [0, 0.05) is 67.2 Å². The Labute approximate surface area is 462 Å². The van der Waals surface area contributed by atoms with Crippen molar-refractivity contribution >= 4 is 53.0 Å². The monoisotopic (exact) mass is 1070 g/mol. The average molecular weight is 1080 g/mol. The first-order chi connectivity index (χ1) is 36.2. The molecule has 3 heterocycles. The number of unbranched alkanes of at least 4 members (excludes halogenated alkanes) is 3. The van der Waals surface area contributed by atoms with E-state index in [4.69, 9.17) is 0 Å². The standard InChI is InChI=1S/C60H98N8O9/c1-17-18-19-21-27-41(8)36-42(9)53(70)61(12)43(10)54(71)67-34-25-31-47(67)55(72)63(14)51(39(4)5)59(76)65(16)52(40(6)7)60(77)64(15)50(38(2)3)58(75)62(13)49(37-45-28-22-20-23-29-45)57(74)68-35-26-32-48(68)56(73)66-33-24-30-46(66)44(11)69/h20,22-23,28-29,38-43,46-52H,17-19,21,24-27,30-37H2,1-16H3/t41-,42+,43-,46-,47-,48-,49-,50-,51-,52-/m0/s1. The van der Waals surface area contributed by atoms with E-state index in [9.17, 15) is 33.6 Å². The second-order valence-electron chi connectivity index (χ2n) is 24.0. The van der Waals surface area contributed by atoms with Crippen LogP contribution in [0.25, 0.3) is 0 Å². The normalized spacial score (nSPS) is 20.4. The van der Waals surface area contributed by atoms with Crippen molar-refractivity contribution < 1.29 is 43.2 Å². The number of hydrogen-bond donors (Lipinski definition) is 0. The third kappa shape index (κ3) is 15.5. The number of Topliss-reactive ketones (excluding diaryl/α,β-unsaturated/α-hetero) is 1. The molecule has 0 N–H and O–H groups in total. The Morgan fingerprint density at radius 1 is 0.532 bits per heavy atom. The summed E-state index contributed by atoms with van der Waals surface area (Å²) in [7, 11) is 7.86. The topological polar surface area (TPSA) is 180 Å². The molecule has 3 aliphatic rings. The number of rotatable bonds is 26. The number of likely N-dealkylation sites (tertiary alicyclic amines) is 3. The van der Waals surface area contributed by atoms with Crippen molar-refractivity contribution in [1.29, 1.82) is 0 Å². The van der Waals surface area contributed by atoms with Crippen molar-refractivity contribution in [2.24, 2.45) is 29.6 Å². The van der Waals surface area contributed by atoms with Gasteiger partial charge in [-0.15, -0.1) is 0 Å². The fourth-order valence-electron chi connectivity index (χ4n) is 12.4. The molecule has 3 fully saturated rings. The maximum absolute atomic E-state index is 15.1. The lowest BCUT2D eigenvalue weighted by Crippen LogP contribution is -2.62. The summed E-state index contributed by atoms with van der Waals surface area (Å²) in [6.07, 6.45) is 9.90. The van der Waals surface area contributed by atoms with Crippen molar-refractivity contribution in [2.45, 2.75) is 208 Å². The van der Waals surface area contributed by atoms with Crippen molar-refractivity contribution in [3.63, 3.8) is 0 Å². The molecular weight excluding hydrogens is 977 g/mol. The largest absolute Gasteiger partial charge is 0.334 e. The molecule has 0 bridgehead atoms. The van der Waals surface area contributed by atoms with E-state index in [1.54, 1.807) is 56.9 Å². The average Bonchev–Trinajstić information content (AvgIpc) is 4.21. The van der Waals surface area contributed by atoms with Crippen molar-refractivity contribution in [1.82, 2.24) is 39.2 Å². The molecule has 4 rings (SSSR count). The van der Waals surface area contributed by atoms with Gasteiger partial charge in [0.25, 0.3) is 0 Å². The lowest BCUT2D eigenvalue weighted by atomic mass is 9.91. The highest BCUT2D eigenvalue weighted by atomic mass is 16.2. The van der Waals surface area contributed by atoms with Crippen LogP contribution in [0.2, 0.25) is 0 Å². The number of benzene rings is 1. The molecule has 17 heteroatoms. The third-order valence-electron chi connectivity index (χ3n) is 17.0. The first-order valence-corrected chi connectivity index (χ1v) is 29.0. The second-order valence-corrected chi connectivity index (χ2v) is 24.0. The van der Waals surface area contributed by atoms with Gasteiger partial charge in [0.15, 0.2) is 5.78 Å². The molecule has 0 unspecified atom stereocenters. The van der Waals surface area contributed by atoms with Crippen LogP contribution >= 0.6 is 0 Å². The van der Waals surface area contributed by atoms with E-state index in [1.165, 1.54) is 50.7 Å². The van der Waals surface area contributed by atoms with E-state index in [1.807, 2.05) is 78.8 Å². The molecule has 10 atom stereocenters. The minimum atomic E-state index is -1.07. The van der Waals surface area contributed by atoms with Gasteiger partial charge in [-0.2, -0.15) is 0 Å². The lowest BCUT2D eigenvalue weighted by molar-refractivity contribution is -0.159. The van der Waals surface area contributed by atoms with Crippen LogP contribution in [0, 0.1) is 29.6 Å². The number of likely N-dealkylation sites (N-methyl/N-ethyl adjacent to an activating group) is 5. The predicted octanol–water partition coefficient (Wildman–Crippen LogP) is 6.55. The fraction of sp³-hybridized carbons (Fsp3) is 0.750. The third-order valence-corrected chi connectivity index (χ3v) is 17.0. The molecule has 0 radical (unpaired) electrons. The summed E-state index contributed by atoms with van der Waals surface area (Å²) in [5.74, 6) is -4.20. The molecule has 77 heavy (non-hydrogen) atoms. The summed E-state index contributed by atoms with van der Waals surface area (Å²) in [5, 5.41) is 0. The van der Waals surface area contributed by atoms with Crippen molar-refractivity contribution in [3.8, 4) is 0 Å². The SMILES string of the molecule is CCCCCC[C@H](C)C[C@@H](C)C(=O)N(C)[C@@H](C)C(=O)N1CCC[C@H]1C(=O)N(C)[C@H](C(=O)N(C)[C@H](C(=O)N(C)[C@H](C(=O)N(C)[C@@H](Cc1ccccc1)C(=O)N1CCC[C@H]1C(=O)N1CCC[C@H]1C(C)=O)C(C)C)C(C)C)C(C)C. The van der Waals surface area contributed by atoms with Crippen LogP contribution in [-0.2, 0) is 49.6 Å². The zero-order chi connectivity index (χ0) is 57.7. The maximum Gasteiger partial charge on any atom is 0.246 e. The van der Waals surface area contributed by atoms with E-state index in [0.29, 0.717) is 64.1 Å². The van der Waals surface area contributed by atoms with E-state index in [0.717, 1.165) is 24.8 Å². The number of carbonyl (C=O) groups is 9. The molecule has 3 aliphatic heterocycles. The van der Waals surface area contributed by atoms with Crippen LogP contribution in [0.15, 0.2) is 30.3 Å². The highest BCUT2D eigenvalue weighted by Gasteiger charge is 2.48. The lowest BCUT2D eigenvalue weighted by Gasteiger charge is -2.42. The molecule has 3 saturated heterocycles. The van der Waals surface area contributed by atoms with E-state index in [-0.39, 0.29) is 41.8 Å². The molecule has 0 aliphatic carbocycles. The van der Waals surface area contributed by atoms with Crippen LogP contribution in [-0.4, -0.2) is 195 Å². The first kappa shape index (κ1) is 64.2. The molecule has 0 saturated carbocycles. The van der Waals surface area contributed by atoms with Crippen LogP contribution < -0.4 is 0 Å². The zero-order valence-electron chi connectivity index (χ0n) is 50.0. The van der Waals surface area contributed by atoms with Crippen molar-refractivity contribution in [3.05, 3.63) is 35.9 Å². The minimum absolute atomic E-state index is 0.0849. The quantitative estimate of drug-likeness (QED) is 0.0931. The van der Waals surface area contributed by atoms with Crippen LogP contribution in [0.1, 0.15) is 159 Å². The second kappa shape index (κ2) is 29.0. The Morgan fingerprint density at radius 2 is 1.00 bits per heavy atom. The van der Waals surface area contributed by atoms with Gasteiger partial charge < -0.3 is 39.2 Å². The predicted molar refractivity (Wildman–Crippen MR) is 300 cm³/mol. The molecule has 1 aromatic carbocycles. The Bertz CT molecular complexity index is 2200.